The molecular formula is C9H17NO2. The lowest BCUT2D eigenvalue weighted by Gasteiger charge is -2.28. The van der Waals surface area contributed by atoms with E-state index in [1.54, 1.807) is 6.92 Å². The van der Waals surface area contributed by atoms with Crippen LogP contribution in [0.25, 0.3) is 0 Å². The summed E-state index contributed by atoms with van der Waals surface area (Å²) in [7, 11) is 0. The molecule has 70 valence electrons. The van der Waals surface area contributed by atoms with Crippen molar-refractivity contribution in [3.8, 4) is 0 Å². The van der Waals surface area contributed by atoms with Crippen LogP contribution in [0.4, 0.5) is 0 Å². The summed E-state index contributed by atoms with van der Waals surface area (Å²) in [5, 5.41) is 8.79. The summed E-state index contributed by atoms with van der Waals surface area (Å²) in [6.07, 6.45) is 3.46. The van der Waals surface area contributed by atoms with E-state index < -0.39 is 0 Å². The smallest absolute Gasteiger partial charge is 0.227 e. The number of carbonyl (C=O) groups is 1. The Morgan fingerprint density at radius 3 is 2.50 bits per heavy atom. The number of hydrogen-bond acceptors (Lipinski definition) is 2. The molecule has 1 saturated heterocycles. The molecule has 0 saturated carbocycles. The first kappa shape index (κ1) is 9.52. The van der Waals surface area contributed by atoms with Crippen LogP contribution in [0.5, 0.6) is 0 Å². The van der Waals surface area contributed by atoms with Crippen molar-refractivity contribution < 1.29 is 9.90 Å². The second-order valence-corrected chi connectivity index (χ2v) is 3.47. The second kappa shape index (κ2) is 4.45. The van der Waals surface area contributed by atoms with Crippen molar-refractivity contribution in [2.24, 2.45) is 5.92 Å². The number of amides is 1. The van der Waals surface area contributed by atoms with Crippen LogP contribution >= 0.6 is 0 Å². The van der Waals surface area contributed by atoms with Crippen molar-refractivity contribution in [3.05, 3.63) is 0 Å². The summed E-state index contributed by atoms with van der Waals surface area (Å²) in [4.78, 5) is 13.4. The zero-order valence-corrected chi connectivity index (χ0v) is 7.62. The van der Waals surface area contributed by atoms with Gasteiger partial charge >= 0.3 is 0 Å². The Hall–Kier alpha value is -0.570. The van der Waals surface area contributed by atoms with E-state index in [0.717, 1.165) is 25.9 Å². The molecule has 0 aliphatic carbocycles. The monoisotopic (exact) mass is 171 g/mol. The normalized spacial score (nSPS) is 20.7. The molecule has 1 atom stereocenters. The molecule has 1 aliphatic heterocycles. The quantitative estimate of drug-likeness (QED) is 0.662. The summed E-state index contributed by atoms with van der Waals surface area (Å²) < 4.78 is 0. The van der Waals surface area contributed by atoms with Crippen molar-refractivity contribution in [2.45, 2.75) is 26.2 Å². The molecule has 3 nitrogen and oxygen atoms in total. The Morgan fingerprint density at radius 2 is 2.00 bits per heavy atom. The van der Waals surface area contributed by atoms with Crippen molar-refractivity contribution in [2.75, 3.05) is 19.7 Å². The van der Waals surface area contributed by atoms with Crippen LogP contribution in [0, 0.1) is 5.92 Å². The summed E-state index contributed by atoms with van der Waals surface area (Å²) in [5.41, 5.74) is 0. The van der Waals surface area contributed by atoms with E-state index in [1.165, 1.54) is 6.42 Å². The third-order valence-corrected chi connectivity index (χ3v) is 2.36. The third-order valence-electron chi connectivity index (χ3n) is 2.36. The summed E-state index contributed by atoms with van der Waals surface area (Å²) >= 11 is 0. The largest absolute Gasteiger partial charge is 0.396 e. The van der Waals surface area contributed by atoms with Crippen LogP contribution in [0.2, 0.25) is 0 Å². The maximum atomic E-state index is 11.5. The van der Waals surface area contributed by atoms with E-state index in [4.69, 9.17) is 5.11 Å². The fourth-order valence-corrected chi connectivity index (χ4v) is 1.50. The van der Waals surface area contributed by atoms with Gasteiger partial charge in [0.2, 0.25) is 5.91 Å². The Bertz CT molecular complexity index is 153. The highest BCUT2D eigenvalue weighted by Crippen LogP contribution is 2.11. The van der Waals surface area contributed by atoms with Crippen LogP contribution in [0.1, 0.15) is 26.2 Å². The fourth-order valence-electron chi connectivity index (χ4n) is 1.50. The van der Waals surface area contributed by atoms with Crippen molar-refractivity contribution in [3.63, 3.8) is 0 Å². The van der Waals surface area contributed by atoms with Gasteiger partial charge in [0.15, 0.2) is 0 Å². The zero-order valence-electron chi connectivity index (χ0n) is 7.62. The average molecular weight is 171 g/mol. The Kier molecular flexibility index (Phi) is 3.53. The van der Waals surface area contributed by atoms with Crippen LogP contribution < -0.4 is 0 Å². The molecule has 1 rings (SSSR count). The second-order valence-electron chi connectivity index (χ2n) is 3.47. The topological polar surface area (TPSA) is 40.5 Å². The van der Waals surface area contributed by atoms with Gasteiger partial charge in [-0.15, -0.1) is 0 Å². The molecule has 1 heterocycles. The van der Waals surface area contributed by atoms with Crippen LogP contribution in [0.15, 0.2) is 0 Å². The van der Waals surface area contributed by atoms with Crippen molar-refractivity contribution in [1.82, 2.24) is 4.90 Å². The van der Waals surface area contributed by atoms with Gasteiger partial charge in [-0.25, -0.2) is 0 Å². The lowest BCUT2D eigenvalue weighted by atomic mass is 10.1. The maximum absolute atomic E-state index is 11.5. The molecule has 1 unspecified atom stereocenters. The third kappa shape index (κ3) is 2.21. The van der Waals surface area contributed by atoms with E-state index >= 15 is 0 Å². The lowest BCUT2D eigenvalue weighted by Crippen LogP contribution is -2.39. The summed E-state index contributed by atoms with van der Waals surface area (Å²) in [5.74, 6) is -0.111. The highest BCUT2D eigenvalue weighted by molar-refractivity contribution is 5.78. The van der Waals surface area contributed by atoms with Gasteiger partial charge in [0.1, 0.15) is 0 Å². The molecule has 1 N–H and O–H groups in total. The molecule has 12 heavy (non-hydrogen) atoms. The van der Waals surface area contributed by atoms with Crippen LogP contribution in [-0.2, 0) is 4.79 Å². The number of piperidine rings is 1. The zero-order chi connectivity index (χ0) is 8.97. The molecule has 0 aromatic carbocycles. The Labute approximate surface area is 73.4 Å². The number of aliphatic hydroxyl groups excluding tert-OH is 1. The maximum Gasteiger partial charge on any atom is 0.227 e. The van der Waals surface area contributed by atoms with Gasteiger partial charge in [-0.05, 0) is 19.3 Å². The standard InChI is InChI=1S/C9H17NO2/c1-8(7-11)9(12)10-5-3-2-4-6-10/h8,11H,2-7H2,1H3. The predicted octanol–water partition coefficient (Wildman–Crippen LogP) is 0.627. The Morgan fingerprint density at radius 1 is 1.42 bits per heavy atom. The first-order chi connectivity index (χ1) is 5.75. The number of rotatable bonds is 2. The van der Waals surface area contributed by atoms with Gasteiger partial charge in [0, 0.05) is 13.1 Å². The average Bonchev–Trinajstić information content (AvgIpc) is 2.17. The van der Waals surface area contributed by atoms with E-state index in [2.05, 4.69) is 0 Å². The molecule has 0 aromatic heterocycles. The fraction of sp³-hybridized carbons (Fsp3) is 0.889. The molecule has 0 radical (unpaired) electrons. The SMILES string of the molecule is CC(CO)C(=O)N1CCCCC1. The number of likely N-dealkylation sites (tertiary alicyclic amines) is 1. The Balaban J connectivity index is 2.39. The minimum absolute atomic E-state index is 0.0324. The minimum atomic E-state index is -0.219. The van der Waals surface area contributed by atoms with E-state index in [-0.39, 0.29) is 18.4 Å². The van der Waals surface area contributed by atoms with Gasteiger partial charge in [-0.1, -0.05) is 6.92 Å². The molecule has 0 bridgehead atoms. The van der Waals surface area contributed by atoms with Gasteiger partial charge in [-0.2, -0.15) is 0 Å². The highest BCUT2D eigenvalue weighted by Gasteiger charge is 2.20. The van der Waals surface area contributed by atoms with Crippen LogP contribution in [0.3, 0.4) is 0 Å². The first-order valence-corrected chi connectivity index (χ1v) is 4.65. The highest BCUT2D eigenvalue weighted by atomic mass is 16.3. The van der Waals surface area contributed by atoms with E-state index in [0.29, 0.717) is 0 Å². The van der Waals surface area contributed by atoms with E-state index in [1.807, 2.05) is 4.90 Å². The van der Waals surface area contributed by atoms with E-state index in [9.17, 15) is 4.79 Å². The number of nitrogens with zero attached hydrogens (tertiary/aromatic N) is 1. The number of hydrogen-bond donors (Lipinski definition) is 1. The van der Waals surface area contributed by atoms with Gasteiger partial charge < -0.3 is 10.0 Å². The van der Waals surface area contributed by atoms with Gasteiger partial charge in [0.25, 0.3) is 0 Å². The molecule has 1 aliphatic rings. The summed E-state index contributed by atoms with van der Waals surface area (Å²) in [6.45, 7) is 3.50. The molecule has 1 fully saturated rings. The molecule has 3 heteroatoms. The van der Waals surface area contributed by atoms with Crippen molar-refractivity contribution in [1.29, 1.82) is 0 Å². The van der Waals surface area contributed by atoms with Crippen molar-refractivity contribution >= 4 is 5.91 Å². The van der Waals surface area contributed by atoms with Gasteiger partial charge in [-0.3, -0.25) is 4.79 Å². The molecule has 0 spiro atoms. The number of carbonyl (C=O) groups excluding carboxylic acids is 1. The van der Waals surface area contributed by atoms with Crippen LogP contribution in [-0.4, -0.2) is 35.6 Å². The lowest BCUT2D eigenvalue weighted by molar-refractivity contribution is -0.137. The molecule has 0 aromatic rings. The van der Waals surface area contributed by atoms with Gasteiger partial charge in [0.05, 0.1) is 12.5 Å². The summed E-state index contributed by atoms with van der Waals surface area (Å²) in [6, 6.07) is 0. The molecular weight excluding hydrogens is 154 g/mol. The number of aliphatic hydroxyl groups is 1. The minimum Gasteiger partial charge on any atom is -0.396 e. The predicted molar refractivity (Wildman–Crippen MR) is 46.7 cm³/mol. The first-order valence-electron chi connectivity index (χ1n) is 4.65. The molecule has 1 amide bonds.